The number of hydrogen-bond acceptors (Lipinski definition) is 5. The maximum Gasteiger partial charge on any atom is 0.331 e. The largest absolute Gasteiger partial charge is 0.458 e. The number of carbonyl (C=O) groups excluding carboxylic acids is 2. The van der Waals surface area contributed by atoms with Crippen LogP contribution in [0.1, 0.15) is 5.56 Å². The lowest BCUT2D eigenvalue weighted by Gasteiger charge is -2.33. The van der Waals surface area contributed by atoms with E-state index in [9.17, 15) is 22.4 Å². The Bertz CT molecular complexity index is 1080. The molecule has 31 heavy (non-hydrogen) atoms. The third-order valence-electron chi connectivity index (χ3n) is 4.68. The van der Waals surface area contributed by atoms with Gasteiger partial charge in [-0.05, 0) is 24.3 Å². The first-order valence-corrected chi connectivity index (χ1v) is 11.2. The van der Waals surface area contributed by atoms with Crippen molar-refractivity contribution >= 4 is 33.5 Å². The molecule has 0 unspecified atom stereocenters. The van der Waals surface area contributed by atoms with E-state index in [-0.39, 0.29) is 42.7 Å². The van der Waals surface area contributed by atoms with Crippen molar-refractivity contribution in [1.29, 1.82) is 0 Å². The highest BCUT2D eigenvalue weighted by Crippen LogP contribution is 2.19. The van der Waals surface area contributed by atoms with Crippen LogP contribution in [0.2, 0.25) is 5.02 Å². The molecule has 1 saturated heterocycles. The highest BCUT2D eigenvalue weighted by atomic mass is 35.5. The van der Waals surface area contributed by atoms with Crippen LogP contribution >= 0.6 is 11.6 Å². The summed E-state index contributed by atoms with van der Waals surface area (Å²) >= 11 is 5.87. The van der Waals surface area contributed by atoms with Crippen molar-refractivity contribution in [3.05, 3.63) is 77.1 Å². The standard InChI is InChI=1S/C21H20ClFN2O5S/c22-19-14-17(23)7-6-16(19)15-30-21(27)9-8-20(26)24-10-12-25(13-11-24)31(28,29)18-4-2-1-3-5-18/h1-9,14H,10-13,15H2. The van der Waals surface area contributed by atoms with Gasteiger partial charge in [-0.1, -0.05) is 35.9 Å². The van der Waals surface area contributed by atoms with Crippen molar-refractivity contribution in [2.45, 2.75) is 11.5 Å². The number of hydrogen-bond donors (Lipinski definition) is 0. The van der Waals surface area contributed by atoms with E-state index in [0.717, 1.165) is 18.2 Å². The molecule has 1 fully saturated rings. The van der Waals surface area contributed by atoms with Crippen LogP contribution in [-0.4, -0.2) is 55.7 Å². The summed E-state index contributed by atoms with van der Waals surface area (Å²) in [4.78, 5) is 25.8. The van der Waals surface area contributed by atoms with Crippen molar-refractivity contribution < 1.29 is 27.1 Å². The predicted molar refractivity (Wildman–Crippen MR) is 112 cm³/mol. The summed E-state index contributed by atoms with van der Waals surface area (Å²) in [6, 6.07) is 11.8. The Balaban J connectivity index is 1.49. The van der Waals surface area contributed by atoms with E-state index in [1.807, 2.05) is 0 Å². The number of amides is 1. The fraction of sp³-hybridized carbons (Fsp3) is 0.238. The van der Waals surface area contributed by atoms with Crippen LogP contribution in [0.4, 0.5) is 4.39 Å². The zero-order valence-corrected chi connectivity index (χ0v) is 18.0. The van der Waals surface area contributed by atoms with Crippen molar-refractivity contribution in [3.8, 4) is 0 Å². The van der Waals surface area contributed by atoms with Crippen molar-refractivity contribution in [3.63, 3.8) is 0 Å². The monoisotopic (exact) mass is 466 g/mol. The van der Waals surface area contributed by atoms with Gasteiger partial charge in [0.05, 0.1) is 9.92 Å². The Kier molecular flexibility index (Phi) is 7.42. The van der Waals surface area contributed by atoms with Gasteiger partial charge in [0.15, 0.2) is 0 Å². The summed E-state index contributed by atoms with van der Waals surface area (Å²) in [6.07, 6.45) is 2.07. The molecule has 2 aromatic rings. The number of esters is 1. The molecule has 0 radical (unpaired) electrons. The molecule has 7 nitrogen and oxygen atoms in total. The van der Waals surface area contributed by atoms with Gasteiger partial charge in [0.2, 0.25) is 15.9 Å². The number of sulfonamides is 1. The first-order chi connectivity index (χ1) is 14.8. The third-order valence-corrected chi connectivity index (χ3v) is 6.94. The molecule has 1 heterocycles. The molecule has 164 valence electrons. The molecule has 0 aliphatic carbocycles. The second-order valence-electron chi connectivity index (χ2n) is 6.72. The molecule has 0 saturated carbocycles. The number of carbonyl (C=O) groups is 2. The van der Waals surface area contributed by atoms with Gasteiger partial charge in [0.25, 0.3) is 0 Å². The summed E-state index contributed by atoms with van der Waals surface area (Å²) in [6.45, 7) is 0.562. The number of benzene rings is 2. The lowest BCUT2D eigenvalue weighted by molar-refractivity contribution is -0.139. The molecule has 1 aliphatic heterocycles. The third kappa shape index (κ3) is 5.90. The van der Waals surface area contributed by atoms with Crippen LogP contribution in [0.25, 0.3) is 0 Å². The van der Waals surface area contributed by atoms with E-state index < -0.39 is 27.7 Å². The van der Waals surface area contributed by atoms with Crippen LogP contribution in [0.5, 0.6) is 0 Å². The van der Waals surface area contributed by atoms with Gasteiger partial charge in [0.1, 0.15) is 12.4 Å². The average Bonchev–Trinajstić information content (AvgIpc) is 2.77. The number of ether oxygens (including phenoxy) is 1. The molecular weight excluding hydrogens is 447 g/mol. The maximum absolute atomic E-state index is 13.0. The second-order valence-corrected chi connectivity index (χ2v) is 9.06. The van der Waals surface area contributed by atoms with E-state index >= 15 is 0 Å². The molecule has 1 aliphatic rings. The molecule has 1 amide bonds. The minimum atomic E-state index is -3.61. The molecule has 3 rings (SSSR count). The van der Waals surface area contributed by atoms with Gasteiger partial charge in [-0.3, -0.25) is 4.79 Å². The van der Waals surface area contributed by atoms with E-state index in [1.54, 1.807) is 18.2 Å². The van der Waals surface area contributed by atoms with E-state index in [1.165, 1.54) is 33.5 Å². The van der Waals surface area contributed by atoms with Crippen molar-refractivity contribution in [2.75, 3.05) is 26.2 Å². The number of rotatable bonds is 6. The molecule has 0 aromatic heterocycles. The highest BCUT2D eigenvalue weighted by Gasteiger charge is 2.29. The van der Waals surface area contributed by atoms with Crippen molar-refractivity contribution in [1.82, 2.24) is 9.21 Å². The SMILES string of the molecule is O=C(C=CC(=O)N1CCN(S(=O)(=O)c2ccccc2)CC1)OCc1ccc(F)cc1Cl. The minimum absolute atomic E-state index is 0.135. The minimum Gasteiger partial charge on any atom is -0.458 e. The second kappa shape index (κ2) is 10.0. The number of nitrogens with zero attached hydrogens (tertiary/aromatic N) is 2. The Morgan fingerprint density at radius 1 is 1.03 bits per heavy atom. The zero-order chi connectivity index (χ0) is 22.4. The Morgan fingerprint density at radius 2 is 1.71 bits per heavy atom. The number of piperazine rings is 1. The average molecular weight is 467 g/mol. The van der Waals surface area contributed by atoms with Crippen LogP contribution in [0.15, 0.2) is 65.6 Å². The van der Waals surface area contributed by atoms with Crippen LogP contribution in [0.3, 0.4) is 0 Å². The Morgan fingerprint density at radius 3 is 2.35 bits per heavy atom. The molecular formula is C21H20ClFN2O5S. The molecule has 0 spiro atoms. The van der Waals surface area contributed by atoms with E-state index in [4.69, 9.17) is 16.3 Å². The van der Waals surface area contributed by atoms with Gasteiger partial charge in [-0.15, -0.1) is 0 Å². The highest BCUT2D eigenvalue weighted by molar-refractivity contribution is 7.89. The van der Waals surface area contributed by atoms with Crippen LogP contribution < -0.4 is 0 Å². The molecule has 0 N–H and O–H groups in total. The van der Waals surface area contributed by atoms with Gasteiger partial charge in [0, 0.05) is 43.9 Å². The number of halogens is 2. The summed E-state index contributed by atoms with van der Waals surface area (Å²) in [5.41, 5.74) is 0.437. The van der Waals surface area contributed by atoms with Crippen molar-refractivity contribution in [2.24, 2.45) is 0 Å². The summed E-state index contributed by atoms with van der Waals surface area (Å²) in [5.74, 6) is -1.67. The quantitative estimate of drug-likeness (QED) is 0.482. The molecule has 0 atom stereocenters. The lowest BCUT2D eigenvalue weighted by atomic mass is 10.2. The lowest BCUT2D eigenvalue weighted by Crippen LogP contribution is -2.50. The fourth-order valence-electron chi connectivity index (χ4n) is 2.97. The molecule has 10 heteroatoms. The Hall–Kier alpha value is -2.75. The fourth-order valence-corrected chi connectivity index (χ4v) is 4.64. The molecule has 0 bridgehead atoms. The molecule has 2 aromatic carbocycles. The first kappa shape index (κ1) is 22.9. The van der Waals surface area contributed by atoms with Gasteiger partial charge >= 0.3 is 5.97 Å². The normalized spacial score (nSPS) is 15.2. The maximum atomic E-state index is 13.0. The van der Waals surface area contributed by atoms with Crippen LogP contribution in [-0.2, 0) is 31.0 Å². The predicted octanol–water partition coefficient (Wildman–Crippen LogP) is 2.61. The van der Waals surface area contributed by atoms with Gasteiger partial charge < -0.3 is 9.64 Å². The summed E-state index contributed by atoms with van der Waals surface area (Å²) in [5, 5.41) is 0.135. The Labute approximate surface area is 184 Å². The zero-order valence-electron chi connectivity index (χ0n) is 16.4. The van der Waals surface area contributed by atoms with Gasteiger partial charge in [-0.2, -0.15) is 4.31 Å². The van der Waals surface area contributed by atoms with Gasteiger partial charge in [-0.25, -0.2) is 17.6 Å². The smallest absolute Gasteiger partial charge is 0.331 e. The summed E-state index contributed by atoms with van der Waals surface area (Å²) < 4.78 is 44.6. The topological polar surface area (TPSA) is 84.0 Å². The van der Waals surface area contributed by atoms with E-state index in [2.05, 4.69) is 0 Å². The first-order valence-electron chi connectivity index (χ1n) is 9.40. The summed E-state index contributed by atoms with van der Waals surface area (Å²) in [7, 11) is -3.61. The van der Waals surface area contributed by atoms with E-state index in [0.29, 0.717) is 5.56 Å². The van der Waals surface area contributed by atoms with Crippen LogP contribution in [0, 0.1) is 5.82 Å².